The third-order valence-electron chi connectivity index (χ3n) is 6.65. The molecule has 3 aromatic rings. The van der Waals surface area contributed by atoms with Crippen molar-refractivity contribution in [2.75, 3.05) is 37.6 Å². The number of unbranched alkanes of at least 4 members (excludes halogenated alkanes) is 1. The molecule has 180 valence electrons. The number of fused-ring (bicyclic) bond motifs is 1. The largest absolute Gasteiger partial charge is 0.369 e. The second-order valence-electron chi connectivity index (χ2n) is 9.07. The van der Waals surface area contributed by atoms with Gasteiger partial charge in [0.15, 0.2) is 0 Å². The van der Waals surface area contributed by atoms with Crippen molar-refractivity contribution in [3.63, 3.8) is 0 Å². The monoisotopic (exact) mass is 487 g/mol. The van der Waals surface area contributed by atoms with Crippen LogP contribution in [0.5, 0.6) is 0 Å². The number of hydrogen-bond acceptors (Lipinski definition) is 7. The molecule has 0 aliphatic carbocycles. The highest BCUT2D eigenvalue weighted by molar-refractivity contribution is 8.18. The molecule has 2 amide bonds. The van der Waals surface area contributed by atoms with Crippen LogP contribution in [0.15, 0.2) is 47.5 Å². The van der Waals surface area contributed by atoms with Crippen LogP contribution in [0, 0.1) is 6.92 Å². The molecule has 5 rings (SSSR count). The molecule has 1 N–H and O–H groups in total. The lowest BCUT2D eigenvalue weighted by atomic mass is 9.98. The van der Waals surface area contributed by atoms with Crippen molar-refractivity contribution >= 4 is 45.6 Å². The number of benzene rings is 2. The van der Waals surface area contributed by atoms with E-state index in [1.807, 2.05) is 18.2 Å². The fraction of sp³-hybridized carbons (Fsp3) is 0.333. The maximum absolute atomic E-state index is 12.0. The van der Waals surface area contributed by atoms with Crippen LogP contribution in [0.2, 0.25) is 0 Å². The van der Waals surface area contributed by atoms with Crippen LogP contribution in [0.3, 0.4) is 0 Å². The molecule has 2 aliphatic rings. The molecular formula is C27H29N5O2S. The second kappa shape index (κ2) is 10.2. The summed E-state index contributed by atoms with van der Waals surface area (Å²) in [5.74, 6) is -0.356. The lowest BCUT2D eigenvalue weighted by Gasteiger charge is -2.37. The van der Waals surface area contributed by atoms with Crippen molar-refractivity contribution in [3.8, 4) is 11.1 Å². The quantitative estimate of drug-likeness (QED) is 0.498. The first-order valence-corrected chi connectivity index (χ1v) is 12.9. The molecule has 2 aliphatic heterocycles. The van der Waals surface area contributed by atoms with E-state index in [4.69, 9.17) is 0 Å². The third kappa shape index (κ3) is 5.09. The number of anilines is 1. The molecule has 35 heavy (non-hydrogen) atoms. The van der Waals surface area contributed by atoms with Gasteiger partial charge in [-0.25, -0.2) is 0 Å². The first-order valence-electron chi connectivity index (χ1n) is 12.1. The van der Waals surface area contributed by atoms with Gasteiger partial charge >= 0.3 is 0 Å². The molecule has 0 radical (unpaired) electrons. The number of amides is 2. The van der Waals surface area contributed by atoms with Crippen LogP contribution in [0.1, 0.15) is 30.9 Å². The van der Waals surface area contributed by atoms with E-state index in [1.54, 1.807) is 12.3 Å². The van der Waals surface area contributed by atoms with Gasteiger partial charge in [-0.2, -0.15) is 10.2 Å². The smallest absolute Gasteiger partial charge is 0.290 e. The van der Waals surface area contributed by atoms with Gasteiger partial charge in [0.1, 0.15) is 0 Å². The Kier molecular flexibility index (Phi) is 6.83. The second-order valence-corrected chi connectivity index (χ2v) is 10.1. The highest BCUT2D eigenvalue weighted by Gasteiger charge is 2.25. The zero-order chi connectivity index (χ0) is 24.4. The van der Waals surface area contributed by atoms with Gasteiger partial charge in [0.25, 0.3) is 11.1 Å². The number of carbonyl (C=O) groups excluding carboxylic acids is 2. The topological polar surface area (TPSA) is 78.4 Å². The van der Waals surface area contributed by atoms with E-state index in [0.29, 0.717) is 4.91 Å². The summed E-state index contributed by atoms with van der Waals surface area (Å²) in [6, 6.07) is 12.4. The predicted molar refractivity (Wildman–Crippen MR) is 142 cm³/mol. The molecule has 2 saturated heterocycles. The molecule has 2 fully saturated rings. The number of nitrogens with zero attached hydrogens (tertiary/aromatic N) is 4. The van der Waals surface area contributed by atoms with Crippen molar-refractivity contribution in [2.24, 2.45) is 0 Å². The Morgan fingerprint density at radius 2 is 1.91 bits per heavy atom. The summed E-state index contributed by atoms with van der Waals surface area (Å²) in [6.45, 7) is 9.94. The van der Waals surface area contributed by atoms with Crippen molar-refractivity contribution in [3.05, 3.63) is 58.6 Å². The fourth-order valence-corrected chi connectivity index (χ4v) is 5.42. The summed E-state index contributed by atoms with van der Waals surface area (Å²) in [6.07, 6.45) is 6.04. The molecule has 3 heterocycles. The SMILES string of the molecule is CCCCN1CCN(c2ccc(-c3cnnc4ccc(C=C5SC(=O)NC5=O)cc34)cc2C)CC1. The first kappa shape index (κ1) is 23.5. The van der Waals surface area contributed by atoms with Gasteiger partial charge in [-0.05, 0) is 78.7 Å². The van der Waals surface area contributed by atoms with Gasteiger partial charge in [0.05, 0.1) is 16.6 Å². The van der Waals surface area contributed by atoms with E-state index < -0.39 is 0 Å². The van der Waals surface area contributed by atoms with Crippen LogP contribution < -0.4 is 10.2 Å². The van der Waals surface area contributed by atoms with E-state index >= 15 is 0 Å². The lowest BCUT2D eigenvalue weighted by Crippen LogP contribution is -2.46. The summed E-state index contributed by atoms with van der Waals surface area (Å²) in [5.41, 5.74) is 6.23. The first-order chi connectivity index (χ1) is 17.0. The summed E-state index contributed by atoms with van der Waals surface area (Å²) in [4.78, 5) is 28.9. The van der Waals surface area contributed by atoms with Crippen molar-refractivity contribution < 1.29 is 9.59 Å². The van der Waals surface area contributed by atoms with E-state index in [0.717, 1.165) is 65.5 Å². The van der Waals surface area contributed by atoms with E-state index in [-0.39, 0.29) is 11.1 Å². The Bertz CT molecular complexity index is 1310. The zero-order valence-electron chi connectivity index (χ0n) is 20.1. The van der Waals surface area contributed by atoms with Crippen molar-refractivity contribution in [2.45, 2.75) is 26.7 Å². The molecule has 0 atom stereocenters. The molecule has 0 bridgehead atoms. The predicted octanol–water partition coefficient (Wildman–Crippen LogP) is 4.85. The van der Waals surface area contributed by atoms with E-state index in [2.05, 4.69) is 57.4 Å². The van der Waals surface area contributed by atoms with Crippen LogP contribution in [-0.4, -0.2) is 59.0 Å². The van der Waals surface area contributed by atoms with Crippen LogP contribution >= 0.6 is 11.8 Å². The van der Waals surface area contributed by atoms with Gasteiger partial charge in [0.2, 0.25) is 0 Å². The Morgan fingerprint density at radius 3 is 2.63 bits per heavy atom. The molecule has 0 unspecified atom stereocenters. The number of rotatable bonds is 6. The normalized spacial score (nSPS) is 18.0. The van der Waals surface area contributed by atoms with Gasteiger partial charge in [-0.15, -0.1) is 0 Å². The third-order valence-corrected chi connectivity index (χ3v) is 7.46. The highest BCUT2D eigenvalue weighted by atomic mass is 32.2. The standard InChI is InChI=1S/C27H29N5O2S/c1-3-4-9-31-10-12-32(13-11-31)24-8-6-20(14-18(24)2)22-17-28-30-23-7-5-19(15-21(22)23)16-25-26(33)29-27(34)35-25/h5-8,14-17H,3-4,9-13H2,1-2H3,(H,29,33,34). The maximum atomic E-state index is 12.0. The summed E-state index contributed by atoms with van der Waals surface area (Å²) < 4.78 is 0. The minimum Gasteiger partial charge on any atom is -0.369 e. The Balaban J connectivity index is 1.41. The molecular weight excluding hydrogens is 458 g/mol. The Labute approximate surface area is 209 Å². The molecule has 0 saturated carbocycles. The van der Waals surface area contributed by atoms with Crippen molar-refractivity contribution in [1.29, 1.82) is 0 Å². The number of carbonyl (C=O) groups is 2. The number of aryl methyl sites for hydroxylation is 1. The number of piperazine rings is 1. The minimum absolute atomic E-state index is 0.341. The minimum atomic E-state index is -0.356. The van der Waals surface area contributed by atoms with Gasteiger partial charge < -0.3 is 4.90 Å². The van der Waals surface area contributed by atoms with E-state index in [9.17, 15) is 9.59 Å². The maximum Gasteiger partial charge on any atom is 0.290 e. The van der Waals surface area contributed by atoms with Gasteiger partial charge in [-0.1, -0.05) is 25.5 Å². The Hall–Kier alpha value is -3.23. The highest BCUT2D eigenvalue weighted by Crippen LogP contribution is 2.33. The number of thioether (sulfide) groups is 1. The summed E-state index contributed by atoms with van der Waals surface area (Å²) in [5, 5.41) is 11.4. The Morgan fingerprint density at radius 1 is 1.09 bits per heavy atom. The van der Waals surface area contributed by atoms with Gasteiger partial charge in [0, 0.05) is 42.8 Å². The molecule has 2 aromatic carbocycles. The molecule has 7 nitrogen and oxygen atoms in total. The number of hydrogen-bond donors (Lipinski definition) is 1. The summed E-state index contributed by atoms with van der Waals surface area (Å²) >= 11 is 0.921. The van der Waals surface area contributed by atoms with Crippen LogP contribution in [0.25, 0.3) is 28.1 Å². The zero-order valence-corrected chi connectivity index (χ0v) is 20.9. The lowest BCUT2D eigenvalue weighted by molar-refractivity contribution is -0.115. The van der Waals surface area contributed by atoms with Crippen LogP contribution in [-0.2, 0) is 4.79 Å². The molecule has 1 aromatic heterocycles. The van der Waals surface area contributed by atoms with Crippen LogP contribution in [0.4, 0.5) is 10.5 Å². The average Bonchev–Trinajstić information content (AvgIpc) is 3.18. The molecule has 8 heteroatoms. The fourth-order valence-electron chi connectivity index (χ4n) is 4.74. The molecule has 0 spiro atoms. The average molecular weight is 488 g/mol. The number of imide groups is 1. The van der Waals surface area contributed by atoms with Crippen molar-refractivity contribution in [1.82, 2.24) is 20.4 Å². The number of aromatic nitrogens is 2. The van der Waals surface area contributed by atoms with Gasteiger partial charge in [-0.3, -0.25) is 19.8 Å². The van der Waals surface area contributed by atoms with E-state index in [1.165, 1.54) is 30.6 Å². The summed E-state index contributed by atoms with van der Waals surface area (Å²) in [7, 11) is 0. The number of nitrogens with one attached hydrogen (secondary N) is 1.